The van der Waals surface area contributed by atoms with Gasteiger partial charge in [-0.1, -0.05) is 42.0 Å². The van der Waals surface area contributed by atoms with E-state index < -0.39 is 0 Å². The summed E-state index contributed by atoms with van der Waals surface area (Å²) in [6, 6.07) is 17.8. The van der Waals surface area contributed by atoms with E-state index >= 15 is 0 Å². The van der Waals surface area contributed by atoms with E-state index in [0.717, 1.165) is 11.1 Å². The number of nitrogen functional groups attached to an aromatic ring is 1. The van der Waals surface area contributed by atoms with Gasteiger partial charge in [0.2, 0.25) is 0 Å². The second kappa shape index (κ2) is 6.09. The van der Waals surface area contributed by atoms with E-state index in [9.17, 15) is 5.26 Å². The number of hydrogen-bond acceptors (Lipinski definition) is 2. The van der Waals surface area contributed by atoms with Crippen LogP contribution in [0, 0.1) is 18.3 Å². The second-order valence-electron chi connectivity index (χ2n) is 4.14. The number of hydrogen-bond donors (Lipinski definition) is 1. The predicted molar refractivity (Wildman–Crippen MR) is 76.7 cm³/mol. The second-order valence-corrected chi connectivity index (χ2v) is 4.14. The lowest BCUT2D eigenvalue weighted by molar-refractivity contribution is 1.04. The van der Waals surface area contributed by atoms with Crippen molar-refractivity contribution in [3.63, 3.8) is 0 Å². The van der Waals surface area contributed by atoms with Crippen LogP contribution in [0.15, 0.2) is 48.5 Å². The zero-order valence-electron chi connectivity index (χ0n) is 10.1. The number of nitrogens with two attached hydrogens (primary N) is 1. The molecule has 1 unspecified atom stereocenters. The number of nitrogens with zero attached hydrogens (tertiary/aromatic N) is 1. The Morgan fingerprint density at radius 2 is 1.39 bits per heavy atom. The van der Waals surface area contributed by atoms with Crippen molar-refractivity contribution in [3.05, 3.63) is 65.2 Å². The largest absolute Gasteiger partial charge is 0.399 e. The molecule has 0 spiro atoms. The average Bonchev–Trinajstić information content (AvgIpc) is 2.35. The zero-order valence-corrected chi connectivity index (χ0v) is 10.9. The minimum Gasteiger partial charge on any atom is -0.399 e. The molecule has 0 heterocycles. The van der Waals surface area contributed by atoms with E-state index in [0.29, 0.717) is 5.69 Å². The minimum atomic E-state index is -0.226. The number of rotatable bonds is 2. The number of benzene rings is 2. The molecule has 0 fully saturated rings. The lowest BCUT2D eigenvalue weighted by Crippen LogP contribution is -1.98. The van der Waals surface area contributed by atoms with E-state index in [2.05, 4.69) is 6.07 Å². The van der Waals surface area contributed by atoms with Gasteiger partial charge in [-0.3, -0.25) is 0 Å². The molecule has 2 rings (SSSR count). The van der Waals surface area contributed by atoms with Gasteiger partial charge in [-0.15, -0.1) is 12.4 Å². The molecule has 0 aliphatic carbocycles. The monoisotopic (exact) mass is 258 g/mol. The van der Waals surface area contributed by atoms with Crippen LogP contribution in [0.5, 0.6) is 0 Å². The van der Waals surface area contributed by atoms with E-state index in [1.165, 1.54) is 5.56 Å². The summed E-state index contributed by atoms with van der Waals surface area (Å²) < 4.78 is 0. The molecule has 0 saturated heterocycles. The van der Waals surface area contributed by atoms with Crippen LogP contribution in [0.1, 0.15) is 22.6 Å². The molecule has 92 valence electrons. The van der Waals surface area contributed by atoms with Gasteiger partial charge in [-0.25, -0.2) is 0 Å². The Hall–Kier alpha value is -1.98. The third-order valence-corrected chi connectivity index (χ3v) is 2.81. The first kappa shape index (κ1) is 14.1. The van der Waals surface area contributed by atoms with Gasteiger partial charge in [-0.2, -0.15) is 5.26 Å². The lowest BCUT2D eigenvalue weighted by atomic mass is 9.92. The number of aryl methyl sites for hydroxylation is 1. The van der Waals surface area contributed by atoms with E-state index in [4.69, 9.17) is 5.73 Å². The molecule has 18 heavy (non-hydrogen) atoms. The molecule has 3 heteroatoms. The molecule has 0 radical (unpaired) electrons. The van der Waals surface area contributed by atoms with Crippen LogP contribution < -0.4 is 5.73 Å². The highest BCUT2D eigenvalue weighted by Crippen LogP contribution is 2.24. The summed E-state index contributed by atoms with van der Waals surface area (Å²) in [6.07, 6.45) is 0. The van der Waals surface area contributed by atoms with E-state index in [1.807, 2.05) is 55.5 Å². The Kier molecular flexibility index (Phi) is 4.76. The maximum Gasteiger partial charge on any atom is 0.0962 e. The molecule has 0 bridgehead atoms. The Bertz CT molecular complexity index is 493. The predicted octanol–water partition coefficient (Wildman–Crippen LogP) is 3.65. The van der Waals surface area contributed by atoms with Crippen molar-refractivity contribution in [2.75, 3.05) is 5.73 Å². The van der Waals surface area contributed by atoms with Crippen LogP contribution in [0.25, 0.3) is 0 Å². The van der Waals surface area contributed by atoms with Crippen LogP contribution >= 0.6 is 12.4 Å². The molecule has 1 atom stereocenters. The fourth-order valence-corrected chi connectivity index (χ4v) is 1.79. The van der Waals surface area contributed by atoms with Crippen LogP contribution in [-0.2, 0) is 0 Å². The highest BCUT2D eigenvalue weighted by molar-refractivity contribution is 5.85. The Morgan fingerprint density at radius 3 is 1.83 bits per heavy atom. The first-order valence-corrected chi connectivity index (χ1v) is 5.52. The maximum atomic E-state index is 9.29. The van der Waals surface area contributed by atoms with E-state index in [1.54, 1.807) is 0 Å². The number of halogens is 1. The summed E-state index contributed by atoms with van der Waals surface area (Å²) in [5, 5.41) is 9.29. The molecule has 2 aromatic carbocycles. The van der Waals surface area contributed by atoms with Gasteiger partial charge in [-0.05, 0) is 30.2 Å². The van der Waals surface area contributed by atoms with Gasteiger partial charge in [0.05, 0.1) is 12.0 Å². The molecule has 0 aromatic heterocycles. The van der Waals surface area contributed by atoms with Gasteiger partial charge < -0.3 is 5.73 Å². The van der Waals surface area contributed by atoms with Gasteiger partial charge in [0, 0.05) is 5.69 Å². The molecule has 0 aliphatic heterocycles. The van der Waals surface area contributed by atoms with E-state index in [-0.39, 0.29) is 18.3 Å². The summed E-state index contributed by atoms with van der Waals surface area (Å²) in [7, 11) is 0. The SMILES string of the molecule is Cc1ccc(C(C#N)c2ccc(N)cc2)cc1.Cl. The Labute approximate surface area is 113 Å². The Morgan fingerprint density at radius 1 is 0.944 bits per heavy atom. The van der Waals surface area contributed by atoms with Crippen molar-refractivity contribution in [1.29, 1.82) is 5.26 Å². The molecule has 2 aromatic rings. The third-order valence-electron chi connectivity index (χ3n) is 2.81. The highest BCUT2D eigenvalue weighted by Gasteiger charge is 2.12. The van der Waals surface area contributed by atoms with Crippen molar-refractivity contribution in [1.82, 2.24) is 0 Å². The summed E-state index contributed by atoms with van der Waals surface area (Å²) in [5.74, 6) is -0.226. The lowest BCUT2D eigenvalue weighted by Gasteiger charge is -2.10. The van der Waals surface area contributed by atoms with Crippen LogP contribution in [0.4, 0.5) is 5.69 Å². The zero-order chi connectivity index (χ0) is 12.3. The molecule has 2 N–H and O–H groups in total. The first-order valence-electron chi connectivity index (χ1n) is 5.52. The van der Waals surface area contributed by atoms with Crippen LogP contribution in [-0.4, -0.2) is 0 Å². The van der Waals surface area contributed by atoms with Crippen molar-refractivity contribution in [2.45, 2.75) is 12.8 Å². The normalized spacial score (nSPS) is 11.1. The molecule has 2 nitrogen and oxygen atoms in total. The standard InChI is InChI=1S/C15H14N2.ClH/c1-11-2-4-12(5-3-11)15(10-16)13-6-8-14(17)9-7-13;/h2-9,15H,17H2,1H3;1H. The Balaban J connectivity index is 0.00000162. The quantitative estimate of drug-likeness (QED) is 0.836. The van der Waals surface area contributed by atoms with Crippen LogP contribution in [0.2, 0.25) is 0 Å². The first-order chi connectivity index (χ1) is 8.20. The molecule has 0 amide bonds. The fourth-order valence-electron chi connectivity index (χ4n) is 1.79. The van der Waals surface area contributed by atoms with Gasteiger partial charge in [0.15, 0.2) is 0 Å². The summed E-state index contributed by atoms with van der Waals surface area (Å²) in [4.78, 5) is 0. The number of nitriles is 1. The van der Waals surface area contributed by atoms with Gasteiger partial charge in [0.25, 0.3) is 0 Å². The van der Waals surface area contributed by atoms with Crippen molar-refractivity contribution in [3.8, 4) is 6.07 Å². The topological polar surface area (TPSA) is 49.8 Å². The minimum absolute atomic E-state index is 0. The summed E-state index contributed by atoms with van der Waals surface area (Å²) in [6.45, 7) is 2.04. The maximum absolute atomic E-state index is 9.29. The highest BCUT2D eigenvalue weighted by atomic mass is 35.5. The van der Waals surface area contributed by atoms with Gasteiger partial charge in [0.1, 0.15) is 0 Å². The summed E-state index contributed by atoms with van der Waals surface area (Å²) in [5.41, 5.74) is 9.55. The van der Waals surface area contributed by atoms with Crippen LogP contribution in [0.3, 0.4) is 0 Å². The molecule has 0 saturated carbocycles. The third kappa shape index (κ3) is 3.03. The fraction of sp³-hybridized carbons (Fsp3) is 0.133. The average molecular weight is 259 g/mol. The van der Waals surface area contributed by atoms with Crippen molar-refractivity contribution >= 4 is 18.1 Å². The van der Waals surface area contributed by atoms with Gasteiger partial charge >= 0.3 is 0 Å². The van der Waals surface area contributed by atoms with Crippen molar-refractivity contribution in [2.24, 2.45) is 0 Å². The van der Waals surface area contributed by atoms with Crippen molar-refractivity contribution < 1.29 is 0 Å². The molecular weight excluding hydrogens is 244 g/mol. The summed E-state index contributed by atoms with van der Waals surface area (Å²) >= 11 is 0. The smallest absolute Gasteiger partial charge is 0.0962 e. The molecule has 0 aliphatic rings. The molecular formula is C15H15ClN2. The number of anilines is 1.